The molecule has 1 aromatic rings. The highest BCUT2D eigenvalue weighted by Crippen LogP contribution is 2.21. The zero-order valence-electron chi connectivity index (χ0n) is 8.82. The lowest BCUT2D eigenvalue weighted by Gasteiger charge is -2.09. The molecule has 0 bridgehead atoms. The molecule has 1 heterocycles. The smallest absolute Gasteiger partial charge is 0.151 e. The Morgan fingerprint density at radius 2 is 2.38 bits per heavy atom. The van der Waals surface area contributed by atoms with Crippen LogP contribution in [0.4, 0.5) is 4.39 Å². The molecule has 16 heavy (non-hydrogen) atoms. The molecule has 0 N–H and O–H groups in total. The topological polar surface area (TPSA) is 30.0 Å². The summed E-state index contributed by atoms with van der Waals surface area (Å²) in [5.74, 6) is -0.0962. The Hall–Kier alpha value is -1.77. The highest BCUT2D eigenvalue weighted by Gasteiger charge is 2.08. The van der Waals surface area contributed by atoms with Crippen LogP contribution in [-0.2, 0) is 6.42 Å². The van der Waals surface area contributed by atoms with Crippen molar-refractivity contribution in [3.8, 4) is 0 Å². The van der Waals surface area contributed by atoms with Crippen LogP contribution in [0.3, 0.4) is 0 Å². The summed E-state index contributed by atoms with van der Waals surface area (Å²) >= 11 is 0. The summed E-state index contributed by atoms with van der Waals surface area (Å²) in [5.41, 5.74) is 2.17. The van der Waals surface area contributed by atoms with Crippen LogP contribution in [0.5, 0.6) is 0 Å². The number of carbonyl (C=O) groups is 1. The van der Waals surface area contributed by atoms with Gasteiger partial charge in [-0.2, -0.15) is 0 Å². The Labute approximate surface area is 93.5 Å². The van der Waals surface area contributed by atoms with Gasteiger partial charge in [-0.25, -0.2) is 4.39 Å². The molecule has 1 aromatic heterocycles. The molecule has 0 radical (unpaired) electrons. The lowest BCUT2D eigenvalue weighted by Crippen LogP contribution is -2.00. The number of aldehydes is 1. The second-order valence-corrected chi connectivity index (χ2v) is 3.74. The Balaban J connectivity index is 2.21. The van der Waals surface area contributed by atoms with E-state index in [4.69, 9.17) is 0 Å². The first kappa shape index (κ1) is 10.7. The fraction of sp³-hybridized carbons (Fsp3) is 0.231. The quantitative estimate of drug-likeness (QED) is 0.728. The summed E-state index contributed by atoms with van der Waals surface area (Å²) < 4.78 is 13.0. The summed E-state index contributed by atoms with van der Waals surface area (Å²) in [4.78, 5) is 14.9. The first-order valence-corrected chi connectivity index (χ1v) is 5.24. The number of pyridine rings is 1. The Bertz CT molecular complexity index is 463. The van der Waals surface area contributed by atoms with Crippen LogP contribution in [0.2, 0.25) is 0 Å². The molecule has 0 fully saturated rings. The number of hydrogen-bond acceptors (Lipinski definition) is 2. The van der Waals surface area contributed by atoms with Gasteiger partial charge in [0.15, 0.2) is 6.29 Å². The van der Waals surface area contributed by atoms with Crippen LogP contribution in [-0.4, -0.2) is 11.3 Å². The second kappa shape index (κ2) is 4.84. The highest BCUT2D eigenvalue weighted by atomic mass is 19.1. The maximum Gasteiger partial charge on any atom is 0.151 e. The normalized spacial score (nSPS) is 15.3. The van der Waals surface area contributed by atoms with Crippen molar-refractivity contribution in [2.24, 2.45) is 0 Å². The van der Waals surface area contributed by atoms with Crippen LogP contribution in [0.15, 0.2) is 41.9 Å². The van der Waals surface area contributed by atoms with Crippen molar-refractivity contribution in [1.82, 2.24) is 4.98 Å². The van der Waals surface area contributed by atoms with E-state index >= 15 is 0 Å². The number of halogens is 1. The van der Waals surface area contributed by atoms with Crippen molar-refractivity contribution < 1.29 is 9.18 Å². The third-order valence-electron chi connectivity index (χ3n) is 2.56. The fourth-order valence-electron chi connectivity index (χ4n) is 1.75. The molecule has 2 nitrogen and oxygen atoms in total. The molecule has 3 heteroatoms. The van der Waals surface area contributed by atoms with Crippen LogP contribution >= 0.6 is 0 Å². The predicted octanol–water partition coefficient (Wildman–Crippen LogP) is 3.01. The van der Waals surface area contributed by atoms with Gasteiger partial charge in [0.1, 0.15) is 5.83 Å². The summed E-state index contributed by atoms with van der Waals surface area (Å²) in [6.45, 7) is 0. The number of nitrogens with zero attached hydrogens (tertiary/aromatic N) is 1. The van der Waals surface area contributed by atoms with Gasteiger partial charge in [0, 0.05) is 24.6 Å². The zero-order valence-corrected chi connectivity index (χ0v) is 8.82. The number of allylic oxidation sites excluding steroid dienone is 4. The highest BCUT2D eigenvalue weighted by molar-refractivity contribution is 5.76. The minimum absolute atomic E-state index is 0.0962. The lowest BCUT2D eigenvalue weighted by atomic mass is 10.00. The molecular formula is C13H12FNO. The van der Waals surface area contributed by atoms with Crippen LogP contribution in [0.1, 0.15) is 28.9 Å². The predicted molar refractivity (Wildman–Crippen MR) is 59.8 cm³/mol. The molecular weight excluding hydrogens is 205 g/mol. The Kier molecular flexibility index (Phi) is 3.25. The van der Waals surface area contributed by atoms with Gasteiger partial charge in [0.25, 0.3) is 0 Å². The van der Waals surface area contributed by atoms with E-state index in [1.807, 2.05) is 6.08 Å². The molecule has 1 aliphatic carbocycles. The average Bonchev–Trinajstić information content (AvgIpc) is 2.30. The summed E-state index contributed by atoms with van der Waals surface area (Å²) in [6.07, 6.45) is 7.67. The molecule has 0 spiro atoms. The van der Waals surface area contributed by atoms with Crippen molar-refractivity contribution >= 4 is 6.29 Å². The van der Waals surface area contributed by atoms with Gasteiger partial charge in [-0.3, -0.25) is 9.78 Å². The number of carbonyl (C=O) groups excluding carboxylic acids is 1. The lowest BCUT2D eigenvalue weighted by molar-refractivity contribution is 0.112. The maximum atomic E-state index is 13.0. The van der Waals surface area contributed by atoms with E-state index in [-0.39, 0.29) is 5.83 Å². The van der Waals surface area contributed by atoms with E-state index in [1.54, 1.807) is 18.3 Å². The molecule has 0 amide bonds. The van der Waals surface area contributed by atoms with E-state index in [0.717, 1.165) is 18.3 Å². The summed E-state index contributed by atoms with van der Waals surface area (Å²) in [6, 6.07) is 3.44. The first-order valence-electron chi connectivity index (χ1n) is 5.24. The van der Waals surface area contributed by atoms with E-state index in [9.17, 15) is 9.18 Å². The van der Waals surface area contributed by atoms with E-state index in [0.29, 0.717) is 24.1 Å². The molecule has 0 unspecified atom stereocenters. The number of aromatic nitrogens is 1. The Morgan fingerprint density at radius 3 is 3.12 bits per heavy atom. The van der Waals surface area contributed by atoms with Gasteiger partial charge in [-0.1, -0.05) is 6.08 Å². The van der Waals surface area contributed by atoms with Crippen molar-refractivity contribution in [2.45, 2.75) is 19.3 Å². The van der Waals surface area contributed by atoms with Crippen molar-refractivity contribution in [3.05, 3.63) is 53.1 Å². The maximum absolute atomic E-state index is 13.0. The molecule has 0 atom stereocenters. The molecule has 0 aliphatic heterocycles. The SMILES string of the molecule is O=Cc1cccnc1CC1=CCCC(F)=C1. The van der Waals surface area contributed by atoms with Crippen LogP contribution in [0.25, 0.3) is 0 Å². The largest absolute Gasteiger partial charge is 0.298 e. The summed E-state index contributed by atoms with van der Waals surface area (Å²) in [5, 5.41) is 0. The molecule has 0 saturated heterocycles. The monoisotopic (exact) mass is 217 g/mol. The molecule has 1 aliphatic rings. The molecule has 0 saturated carbocycles. The van der Waals surface area contributed by atoms with Gasteiger partial charge in [-0.05, 0) is 30.2 Å². The minimum atomic E-state index is -0.0962. The van der Waals surface area contributed by atoms with Gasteiger partial charge in [-0.15, -0.1) is 0 Å². The molecule has 0 aromatic carbocycles. The van der Waals surface area contributed by atoms with Gasteiger partial charge >= 0.3 is 0 Å². The zero-order chi connectivity index (χ0) is 11.4. The third-order valence-corrected chi connectivity index (χ3v) is 2.56. The van der Waals surface area contributed by atoms with E-state index in [2.05, 4.69) is 4.98 Å². The average molecular weight is 217 g/mol. The standard InChI is InChI=1S/C13H12FNO/c14-12-5-1-3-10(7-12)8-13-11(9-16)4-2-6-15-13/h2-4,6-7,9H,1,5,8H2. The fourth-order valence-corrected chi connectivity index (χ4v) is 1.75. The number of rotatable bonds is 3. The molecule has 82 valence electrons. The first-order chi connectivity index (χ1) is 7.79. The van der Waals surface area contributed by atoms with Crippen molar-refractivity contribution in [2.75, 3.05) is 0 Å². The van der Waals surface area contributed by atoms with Crippen LogP contribution in [0, 0.1) is 0 Å². The molecule has 2 rings (SSSR count). The Morgan fingerprint density at radius 1 is 1.50 bits per heavy atom. The second-order valence-electron chi connectivity index (χ2n) is 3.74. The van der Waals surface area contributed by atoms with Gasteiger partial charge in [0.05, 0.1) is 5.69 Å². The van der Waals surface area contributed by atoms with E-state index < -0.39 is 0 Å². The van der Waals surface area contributed by atoms with E-state index in [1.165, 1.54) is 6.08 Å². The summed E-state index contributed by atoms with van der Waals surface area (Å²) in [7, 11) is 0. The third kappa shape index (κ3) is 2.42. The number of hydrogen-bond donors (Lipinski definition) is 0. The van der Waals surface area contributed by atoms with Crippen LogP contribution < -0.4 is 0 Å². The van der Waals surface area contributed by atoms with Crippen molar-refractivity contribution in [3.63, 3.8) is 0 Å². The minimum Gasteiger partial charge on any atom is -0.298 e. The van der Waals surface area contributed by atoms with Crippen molar-refractivity contribution in [1.29, 1.82) is 0 Å². The van der Waals surface area contributed by atoms with Gasteiger partial charge < -0.3 is 0 Å². The van der Waals surface area contributed by atoms with Gasteiger partial charge in [0.2, 0.25) is 0 Å².